The zero-order valence-electron chi connectivity index (χ0n) is 12.3. The van der Waals surface area contributed by atoms with Gasteiger partial charge in [0.2, 0.25) is 10.0 Å². The highest BCUT2D eigenvalue weighted by atomic mass is 79.9. The molecule has 1 N–H and O–H groups in total. The normalized spacial score (nSPS) is 14.8. The van der Waals surface area contributed by atoms with Crippen LogP contribution in [0.4, 0.5) is 0 Å². The second-order valence-electron chi connectivity index (χ2n) is 5.05. The fourth-order valence-corrected chi connectivity index (χ4v) is 4.48. The molecule has 0 aromatic heterocycles. The minimum atomic E-state index is -3.70. The molecule has 0 heterocycles. The van der Waals surface area contributed by atoms with Crippen LogP contribution in [0.3, 0.4) is 0 Å². The van der Waals surface area contributed by atoms with Gasteiger partial charge in [0, 0.05) is 11.5 Å². The Kier molecular flexibility index (Phi) is 5.39. The zero-order valence-corrected chi connectivity index (χ0v) is 14.8. The molecule has 0 saturated heterocycles. The van der Waals surface area contributed by atoms with Crippen molar-refractivity contribution in [1.29, 1.82) is 0 Å². The lowest BCUT2D eigenvalue weighted by Gasteiger charge is -2.28. The summed E-state index contributed by atoms with van der Waals surface area (Å²) < 4.78 is 27.1. The third kappa shape index (κ3) is 3.41. The van der Waals surface area contributed by atoms with Crippen molar-refractivity contribution in [1.82, 2.24) is 4.31 Å². The van der Waals surface area contributed by atoms with Gasteiger partial charge in [-0.25, -0.2) is 8.42 Å². The van der Waals surface area contributed by atoms with Crippen LogP contribution in [0.25, 0.3) is 0 Å². The van der Waals surface area contributed by atoms with E-state index >= 15 is 0 Å². The second kappa shape index (κ2) is 6.91. The predicted octanol–water partition coefficient (Wildman–Crippen LogP) is 3.19. The van der Waals surface area contributed by atoms with E-state index in [1.807, 2.05) is 18.2 Å². The monoisotopic (exact) mass is 383 g/mol. The largest absolute Gasteiger partial charge is 0.387 e. The van der Waals surface area contributed by atoms with Crippen LogP contribution >= 0.6 is 15.9 Å². The van der Waals surface area contributed by atoms with Gasteiger partial charge in [-0.2, -0.15) is 4.31 Å². The molecule has 0 amide bonds. The van der Waals surface area contributed by atoms with Gasteiger partial charge in [0.15, 0.2) is 0 Å². The third-order valence-electron chi connectivity index (χ3n) is 3.67. The van der Waals surface area contributed by atoms with Crippen molar-refractivity contribution < 1.29 is 13.5 Å². The van der Waals surface area contributed by atoms with Crippen LogP contribution in [-0.2, 0) is 10.0 Å². The molecule has 0 aliphatic heterocycles. The number of halogens is 1. The molecule has 0 radical (unpaired) electrons. The van der Waals surface area contributed by atoms with Crippen molar-refractivity contribution in [3.05, 3.63) is 64.6 Å². The standard InChI is InChI=1S/C16H18BrNO3S/c1-12(16(19)13-8-4-3-5-9-13)18(2)22(20,21)15-11-7-6-10-14(15)17/h3-12,16,19H,1-2H3/t12-,16-/m0/s1. The van der Waals surface area contributed by atoms with E-state index in [4.69, 9.17) is 0 Å². The third-order valence-corrected chi connectivity index (χ3v) is 6.62. The average molecular weight is 384 g/mol. The molecule has 0 aliphatic carbocycles. The second-order valence-corrected chi connectivity index (χ2v) is 7.87. The Morgan fingerprint density at radius 3 is 2.18 bits per heavy atom. The van der Waals surface area contributed by atoms with E-state index in [0.29, 0.717) is 10.0 Å². The number of likely N-dealkylation sites (N-methyl/N-ethyl adjacent to an activating group) is 1. The zero-order chi connectivity index (χ0) is 16.3. The van der Waals surface area contributed by atoms with Gasteiger partial charge in [-0.05, 0) is 40.5 Å². The van der Waals surface area contributed by atoms with Gasteiger partial charge in [-0.3, -0.25) is 0 Å². The summed E-state index contributed by atoms with van der Waals surface area (Å²) in [7, 11) is -2.22. The van der Waals surface area contributed by atoms with Crippen molar-refractivity contribution in [2.75, 3.05) is 7.05 Å². The summed E-state index contributed by atoms with van der Waals surface area (Å²) in [5.41, 5.74) is 0.684. The van der Waals surface area contributed by atoms with Gasteiger partial charge in [-0.1, -0.05) is 42.5 Å². The van der Waals surface area contributed by atoms with Crippen LogP contribution in [0.5, 0.6) is 0 Å². The van der Waals surface area contributed by atoms with Crippen molar-refractivity contribution in [3.8, 4) is 0 Å². The maximum absolute atomic E-state index is 12.7. The van der Waals surface area contributed by atoms with E-state index in [9.17, 15) is 13.5 Å². The molecule has 2 rings (SSSR count). The van der Waals surface area contributed by atoms with Crippen molar-refractivity contribution in [3.63, 3.8) is 0 Å². The topological polar surface area (TPSA) is 57.6 Å². The highest BCUT2D eigenvalue weighted by molar-refractivity contribution is 9.10. The lowest BCUT2D eigenvalue weighted by Crippen LogP contribution is -2.39. The van der Waals surface area contributed by atoms with Crippen LogP contribution in [0.1, 0.15) is 18.6 Å². The van der Waals surface area contributed by atoms with Gasteiger partial charge in [0.05, 0.1) is 17.0 Å². The minimum Gasteiger partial charge on any atom is -0.387 e. The van der Waals surface area contributed by atoms with Crippen LogP contribution in [0.2, 0.25) is 0 Å². The summed E-state index contributed by atoms with van der Waals surface area (Å²) in [5.74, 6) is 0. The lowest BCUT2D eigenvalue weighted by molar-refractivity contribution is 0.108. The fraction of sp³-hybridized carbons (Fsp3) is 0.250. The highest BCUT2D eigenvalue weighted by Crippen LogP contribution is 2.28. The van der Waals surface area contributed by atoms with Gasteiger partial charge in [0.1, 0.15) is 0 Å². The number of benzene rings is 2. The fourth-order valence-electron chi connectivity index (χ4n) is 2.16. The Morgan fingerprint density at radius 1 is 1.05 bits per heavy atom. The smallest absolute Gasteiger partial charge is 0.244 e. The molecule has 22 heavy (non-hydrogen) atoms. The molecule has 2 atom stereocenters. The number of aliphatic hydroxyl groups is 1. The first kappa shape index (κ1) is 17.1. The average Bonchev–Trinajstić information content (AvgIpc) is 2.53. The molecule has 0 saturated carbocycles. The summed E-state index contributed by atoms with van der Waals surface area (Å²) in [4.78, 5) is 0.185. The highest BCUT2D eigenvalue weighted by Gasteiger charge is 2.31. The minimum absolute atomic E-state index is 0.185. The van der Waals surface area contributed by atoms with E-state index in [1.165, 1.54) is 17.4 Å². The quantitative estimate of drug-likeness (QED) is 0.862. The van der Waals surface area contributed by atoms with Gasteiger partial charge in [-0.15, -0.1) is 0 Å². The number of sulfonamides is 1. The SMILES string of the molecule is C[C@@H]([C@H](O)c1ccccc1)N(C)S(=O)(=O)c1ccccc1Br. The Labute approximate surface area is 139 Å². The maximum Gasteiger partial charge on any atom is 0.244 e. The maximum atomic E-state index is 12.7. The summed E-state index contributed by atoms with van der Waals surface area (Å²) in [6, 6.07) is 15.1. The van der Waals surface area contributed by atoms with Crippen molar-refractivity contribution in [2.24, 2.45) is 0 Å². The molecule has 0 aliphatic rings. The predicted molar refractivity (Wildman–Crippen MR) is 90.0 cm³/mol. The Morgan fingerprint density at radius 2 is 1.59 bits per heavy atom. The van der Waals surface area contributed by atoms with E-state index in [1.54, 1.807) is 37.3 Å². The first-order valence-electron chi connectivity index (χ1n) is 6.81. The van der Waals surface area contributed by atoms with Gasteiger partial charge < -0.3 is 5.11 Å². The number of hydrogen-bond donors (Lipinski definition) is 1. The van der Waals surface area contributed by atoms with E-state index in [-0.39, 0.29) is 4.90 Å². The molecule has 0 unspecified atom stereocenters. The molecular weight excluding hydrogens is 366 g/mol. The Hall–Kier alpha value is -1.21. The first-order valence-corrected chi connectivity index (χ1v) is 9.04. The van der Waals surface area contributed by atoms with E-state index in [2.05, 4.69) is 15.9 Å². The van der Waals surface area contributed by atoms with E-state index in [0.717, 1.165) is 0 Å². The molecule has 4 nitrogen and oxygen atoms in total. The summed E-state index contributed by atoms with van der Waals surface area (Å²) in [5, 5.41) is 10.4. The van der Waals surface area contributed by atoms with Gasteiger partial charge >= 0.3 is 0 Å². The van der Waals surface area contributed by atoms with Crippen molar-refractivity contribution >= 4 is 26.0 Å². The number of rotatable bonds is 5. The van der Waals surface area contributed by atoms with Gasteiger partial charge in [0.25, 0.3) is 0 Å². The van der Waals surface area contributed by atoms with Crippen LogP contribution in [0.15, 0.2) is 64.0 Å². The Balaban J connectivity index is 2.30. The molecule has 2 aromatic carbocycles. The molecular formula is C16H18BrNO3S. The molecule has 6 heteroatoms. The Bertz CT molecular complexity index is 734. The lowest BCUT2D eigenvalue weighted by atomic mass is 10.0. The summed E-state index contributed by atoms with van der Waals surface area (Å²) in [6.07, 6.45) is -0.900. The van der Waals surface area contributed by atoms with E-state index < -0.39 is 22.2 Å². The number of aliphatic hydroxyl groups excluding tert-OH is 1. The van der Waals surface area contributed by atoms with Crippen LogP contribution in [0, 0.1) is 0 Å². The molecule has 0 spiro atoms. The number of nitrogens with zero attached hydrogens (tertiary/aromatic N) is 1. The summed E-state index contributed by atoms with van der Waals surface area (Å²) >= 11 is 3.26. The van der Waals surface area contributed by atoms with Crippen LogP contribution in [-0.4, -0.2) is 30.9 Å². The molecule has 118 valence electrons. The van der Waals surface area contributed by atoms with Crippen molar-refractivity contribution in [2.45, 2.75) is 24.0 Å². The first-order chi connectivity index (χ1) is 10.4. The number of hydrogen-bond acceptors (Lipinski definition) is 3. The molecule has 2 aromatic rings. The molecule has 0 bridgehead atoms. The summed E-state index contributed by atoms with van der Waals surface area (Å²) in [6.45, 7) is 1.69. The molecule has 0 fully saturated rings. The van der Waals surface area contributed by atoms with Crippen LogP contribution < -0.4 is 0 Å².